The molecule has 2 nitrogen and oxygen atoms in total. The van der Waals surface area contributed by atoms with Gasteiger partial charge in [0.05, 0.1) is 0 Å². The summed E-state index contributed by atoms with van der Waals surface area (Å²) in [7, 11) is 0. The summed E-state index contributed by atoms with van der Waals surface area (Å²) < 4.78 is 0. The largest absolute Gasteiger partial charge is 0.299 e. The minimum Gasteiger partial charge on any atom is -0.299 e. The molecule has 0 bridgehead atoms. The highest BCUT2D eigenvalue weighted by Crippen LogP contribution is 2.19. The number of hydrogen-bond donors (Lipinski definition) is 0. The van der Waals surface area contributed by atoms with Gasteiger partial charge in [0.1, 0.15) is 5.78 Å². The molecule has 0 saturated carbocycles. The third-order valence-corrected chi connectivity index (χ3v) is 2.44. The summed E-state index contributed by atoms with van der Waals surface area (Å²) in [4.78, 5) is 13.5. The second-order valence-electron chi connectivity index (χ2n) is 3.56. The van der Waals surface area contributed by atoms with Crippen molar-refractivity contribution in [1.29, 1.82) is 0 Å². The van der Waals surface area contributed by atoms with Crippen LogP contribution < -0.4 is 0 Å². The Hall–Kier alpha value is -0.370. The molecule has 1 rings (SSSR count). The van der Waals surface area contributed by atoms with E-state index in [0.29, 0.717) is 24.2 Å². The smallest absolute Gasteiger partial charge is 0.138 e. The van der Waals surface area contributed by atoms with Crippen LogP contribution in [0, 0.1) is 5.92 Å². The van der Waals surface area contributed by atoms with Crippen LogP contribution in [0.4, 0.5) is 0 Å². The first-order valence-electron chi connectivity index (χ1n) is 4.42. The second kappa shape index (κ2) is 3.35. The standard InChI is InChI=1S/C9H17NO/c1-4-9(11)8-5-10(6-8)7(2)3/h7-8H,4-6H2,1-3H3. The van der Waals surface area contributed by atoms with Crippen molar-refractivity contribution in [2.24, 2.45) is 5.92 Å². The Kier molecular flexibility index (Phi) is 2.66. The lowest BCUT2D eigenvalue weighted by Gasteiger charge is -2.41. The van der Waals surface area contributed by atoms with Crippen molar-refractivity contribution in [3.05, 3.63) is 0 Å². The van der Waals surface area contributed by atoms with Crippen LogP contribution in [0.1, 0.15) is 27.2 Å². The van der Waals surface area contributed by atoms with E-state index in [1.54, 1.807) is 0 Å². The Morgan fingerprint density at radius 1 is 1.55 bits per heavy atom. The zero-order valence-corrected chi connectivity index (χ0v) is 7.63. The van der Waals surface area contributed by atoms with Gasteiger partial charge in [0, 0.05) is 31.5 Å². The minimum atomic E-state index is 0.349. The number of carbonyl (C=O) groups excluding carboxylic acids is 1. The molecule has 0 atom stereocenters. The third-order valence-electron chi connectivity index (χ3n) is 2.44. The average Bonchev–Trinajstić information content (AvgIpc) is 1.83. The predicted molar refractivity (Wildman–Crippen MR) is 45.5 cm³/mol. The zero-order chi connectivity index (χ0) is 8.43. The van der Waals surface area contributed by atoms with Gasteiger partial charge in [0.25, 0.3) is 0 Å². The van der Waals surface area contributed by atoms with Crippen molar-refractivity contribution < 1.29 is 4.79 Å². The molecular formula is C9H17NO. The van der Waals surface area contributed by atoms with E-state index in [2.05, 4.69) is 18.7 Å². The number of nitrogens with zero attached hydrogens (tertiary/aromatic N) is 1. The predicted octanol–water partition coefficient (Wildman–Crippen LogP) is 1.31. The van der Waals surface area contributed by atoms with Crippen LogP contribution in [-0.4, -0.2) is 29.8 Å². The molecule has 1 saturated heterocycles. The first-order valence-corrected chi connectivity index (χ1v) is 4.42. The van der Waals surface area contributed by atoms with E-state index in [9.17, 15) is 4.79 Å². The van der Waals surface area contributed by atoms with Gasteiger partial charge in [-0.05, 0) is 13.8 Å². The van der Waals surface area contributed by atoms with Gasteiger partial charge < -0.3 is 0 Å². The normalized spacial score (nSPS) is 20.4. The van der Waals surface area contributed by atoms with Crippen LogP contribution in [0.2, 0.25) is 0 Å². The van der Waals surface area contributed by atoms with Crippen LogP contribution in [0.15, 0.2) is 0 Å². The van der Waals surface area contributed by atoms with Gasteiger partial charge in [0.15, 0.2) is 0 Å². The summed E-state index contributed by atoms with van der Waals surface area (Å²) in [6.45, 7) is 8.27. The van der Waals surface area contributed by atoms with Gasteiger partial charge in [-0.25, -0.2) is 0 Å². The summed E-state index contributed by atoms with van der Waals surface area (Å²) in [5.41, 5.74) is 0. The molecule has 0 aromatic rings. The molecule has 1 aliphatic rings. The summed E-state index contributed by atoms with van der Waals surface area (Å²) in [5, 5.41) is 0. The third kappa shape index (κ3) is 1.80. The van der Waals surface area contributed by atoms with E-state index in [4.69, 9.17) is 0 Å². The molecule has 0 unspecified atom stereocenters. The highest BCUT2D eigenvalue weighted by Gasteiger charge is 2.32. The van der Waals surface area contributed by atoms with E-state index in [1.165, 1.54) is 0 Å². The lowest BCUT2D eigenvalue weighted by Crippen LogP contribution is -2.53. The fourth-order valence-corrected chi connectivity index (χ4v) is 1.43. The van der Waals surface area contributed by atoms with E-state index < -0.39 is 0 Å². The van der Waals surface area contributed by atoms with Gasteiger partial charge in [-0.2, -0.15) is 0 Å². The molecule has 2 heteroatoms. The Morgan fingerprint density at radius 3 is 2.45 bits per heavy atom. The molecule has 1 fully saturated rings. The summed E-state index contributed by atoms with van der Waals surface area (Å²) in [6.07, 6.45) is 0.705. The summed E-state index contributed by atoms with van der Waals surface area (Å²) in [6, 6.07) is 0.607. The lowest BCUT2D eigenvalue weighted by molar-refractivity contribution is -0.128. The molecule has 1 heterocycles. The van der Waals surface area contributed by atoms with Crippen molar-refractivity contribution in [3.63, 3.8) is 0 Å². The fourth-order valence-electron chi connectivity index (χ4n) is 1.43. The summed E-state index contributed by atoms with van der Waals surface area (Å²) in [5.74, 6) is 0.782. The molecule has 0 radical (unpaired) electrons. The SMILES string of the molecule is CCC(=O)C1CN(C(C)C)C1. The monoisotopic (exact) mass is 155 g/mol. The van der Waals surface area contributed by atoms with Gasteiger partial charge in [-0.3, -0.25) is 9.69 Å². The number of Topliss-reactive ketones (excluding diaryl/α,β-unsaturated/α-hetero) is 1. The van der Waals surface area contributed by atoms with Crippen LogP contribution in [-0.2, 0) is 4.79 Å². The van der Waals surface area contributed by atoms with Crippen molar-refractivity contribution in [1.82, 2.24) is 4.90 Å². The highest BCUT2D eigenvalue weighted by atomic mass is 16.1. The molecule has 0 spiro atoms. The quantitative estimate of drug-likeness (QED) is 0.612. The number of hydrogen-bond acceptors (Lipinski definition) is 2. The van der Waals surface area contributed by atoms with Crippen LogP contribution in [0.3, 0.4) is 0 Å². The van der Waals surface area contributed by atoms with Crippen molar-refractivity contribution >= 4 is 5.78 Å². The molecule has 1 aliphatic heterocycles. The maximum Gasteiger partial charge on any atom is 0.138 e. The first-order chi connectivity index (χ1) is 5.15. The molecule has 0 N–H and O–H groups in total. The average molecular weight is 155 g/mol. The fraction of sp³-hybridized carbons (Fsp3) is 0.889. The molecule has 11 heavy (non-hydrogen) atoms. The maximum absolute atomic E-state index is 11.1. The molecule has 0 aliphatic carbocycles. The van der Waals surface area contributed by atoms with Crippen LogP contribution in [0.5, 0.6) is 0 Å². The van der Waals surface area contributed by atoms with Crippen LogP contribution in [0.25, 0.3) is 0 Å². The van der Waals surface area contributed by atoms with Crippen LogP contribution >= 0.6 is 0 Å². The van der Waals surface area contributed by atoms with E-state index >= 15 is 0 Å². The van der Waals surface area contributed by atoms with E-state index in [1.807, 2.05) is 6.92 Å². The maximum atomic E-state index is 11.1. The topological polar surface area (TPSA) is 20.3 Å². The van der Waals surface area contributed by atoms with Gasteiger partial charge in [-0.15, -0.1) is 0 Å². The van der Waals surface area contributed by atoms with E-state index in [-0.39, 0.29) is 0 Å². The second-order valence-corrected chi connectivity index (χ2v) is 3.56. The molecule has 0 aromatic carbocycles. The van der Waals surface area contributed by atoms with Gasteiger partial charge >= 0.3 is 0 Å². The number of likely N-dealkylation sites (tertiary alicyclic amines) is 1. The van der Waals surface area contributed by atoms with Gasteiger partial charge in [0.2, 0.25) is 0 Å². The lowest BCUT2D eigenvalue weighted by atomic mass is 9.92. The molecule has 64 valence electrons. The molecule has 0 amide bonds. The number of ketones is 1. The Bertz CT molecular complexity index is 148. The number of rotatable bonds is 3. The first kappa shape index (κ1) is 8.72. The zero-order valence-electron chi connectivity index (χ0n) is 7.63. The Balaban J connectivity index is 2.24. The molecular weight excluding hydrogens is 138 g/mol. The minimum absolute atomic E-state index is 0.349. The van der Waals surface area contributed by atoms with Crippen molar-refractivity contribution in [3.8, 4) is 0 Å². The number of carbonyl (C=O) groups is 1. The Morgan fingerprint density at radius 2 is 2.09 bits per heavy atom. The van der Waals surface area contributed by atoms with E-state index in [0.717, 1.165) is 13.1 Å². The molecule has 0 aromatic heterocycles. The Labute approximate surface area is 68.6 Å². The van der Waals surface area contributed by atoms with Gasteiger partial charge in [-0.1, -0.05) is 6.92 Å². The van der Waals surface area contributed by atoms with Crippen molar-refractivity contribution in [2.45, 2.75) is 33.2 Å². The van der Waals surface area contributed by atoms with Crippen molar-refractivity contribution in [2.75, 3.05) is 13.1 Å². The highest BCUT2D eigenvalue weighted by molar-refractivity contribution is 5.81. The summed E-state index contributed by atoms with van der Waals surface area (Å²) >= 11 is 0.